The molecule has 0 unspecified atom stereocenters. The topological polar surface area (TPSA) is 6.48 Å². The Kier molecular flexibility index (Phi) is 4.72. The van der Waals surface area contributed by atoms with Gasteiger partial charge in [0.1, 0.15) is 0 Å². The molecule has 2 heterocycles. The fraction of sp³-hybridized carbons (Fsp3) is 0.909. The molecule has 2 rings (SSSR count). The van der Waals surface area contributed by atoms with Gasteiger partial charge < -0.3 is 4.90 Å². The van der Waals surface area contributed by atoms with Crippen molar-refractivity contribution in [2.75, 3.05) is 26.2 Å². The average Bonchev–Trinajstić information content (AvgIpc) is 2.31. The van der Waals surface area contributed by atoms with E-state index < -0.39 is 0 Å². The fourth-order valence-electron chi connectivity index (χ4n) is 2.20. The quantitative estimate of drug-likeness (QED) is 0.516. The first-order valence-corrected chi connectivity index (χ1v) is 7.26. The summed E-state index contributed by atoms with van der Waals surface area (Å²) in [6.45, 7) is 4.80. The van der Waals surface area contributed by atoms with Gasteiger partial charge in [-0.2, -0.15) is 0 Å². The Labute approximate surface area is 103 Å². The van der Waals surface area contributed by atoms with E-state index in [0.717, 1.165) is 4.32 Å². The van der Waals surface area contributed by atoms with E-state index in [9.17, 15) is 0 Å². The molecule has 2 aliphatic heterocycles. The Morgan fingerprint density at radius 3 is 1.93 bits per heavy atom. The van der Waals surface area contributed by atoms with Crippen molar-refractivity contribution in [2.45, 2.75) is 38.5 Å². The third-order valence-corrected chi connectivity index (χ3v) is 4.66. The highest BCUT2D eigenvalue weighted by Gasteiger charge is 2.18. The minimum atomic E-state index is 1.11. The van der Waals surface area contributed by atoms with Crippen molar-refractivity contribution in [1.82, 2.24) is 9.21 Å². The monoisotopic (exact) mass is 244 g/mol. The molecule has 2 saturated heterocycles. The van der Waals surface area contributed by atoms with E-state index in [1.807, 2.05) is 11.9 Å². The summed E-state index contributed by atoms with van der Waals surface area (Å²) in [5.74, 6) is 0. The highest BCUT2D eigenvalue weighted by molar-refractivity contribution is 8.21. The zero-order valence-corrected chi connectivity index (χ0v) is 10.9. The van der Waals surface area contributed by atoms with Crippen molar-refractivity contribution < 1.29 is 0 Å². The fourth-order valence-corrected chi connectivity index (χ4v) is 3.66. The van der Waals surface area contributed by atoms with Crippen LogP contribution in [0.25, 0.3) is 0 Å². The van der Waals surface area contributed by atoms with E-state index in [-0.39, 0.29) is 0 Å². The summed E-state index contributed by atoms with van der Waals surface area (Å²) < 4.78 is 3.55. The third-order valence-electron chi connectivity index (χ3n) is 3.14. The van der Waals surface area contributed by atoms with Crippen LogP contribution in [0.15, 0.2) is 0 Å². The van der Waals surface area contributed by atoms with Gasteiger partial charge in [0.25, 0.3) is 0 Å². The molecule has 0 saturated carbocycles. The maximum Gasteiger partial charge on any atom is 0.151 e. The number of likely N-dealkylation sites (tertiary alicyclic amines) is 1. The minimum absolute atomic E-state index is 1.11. The first kappa shape index (κ1) is 11.7. The maximum atomic E-state index is 5.50. The molecule has 0 radical (unpaired) electrons. The SMILES string of the molecule is S=C(SN1CCCCC1)N1CCCCC1. The Balaban J connectivity index is 1.74. The number of hydrogen-bond acceptors (Lipinski definition) is 3. The summed E-state index contributed by atoms with van der Waals surface area (Å²) in [7, 11) is 0. The second kappa shape index (κ2) is 6.06. The molecular formula is C11H20N2S2. The zero-order valence-electron chi connectivity index (χ0n) is 9.28. The lowest BCUT2D eigenvalue weighted by Gasteiger charge is -2.32. The number of rotatable bonds is 1. The molecule has 0 N–H and O–H groups in total. The Bertz CT molecular complexity index is 209. The molecule has 0 bridgehead atoms. The molecule has 0 aromatic heterocycles. The predicted molar refractivity (Wildman–Crippen MR) is 71.0 cm³/mol. The normalized spacial score (nSPS) is 24.1. The van der Waals surface area contributed by atoms with Gasteiger partial charge in [-0.15, -0.1) is 0 Å². The van der Waals surface area contributed by atoms with Crippen LogP contribution in [0.2, 0.25) is 0 Å². The van der Waals surface area contributed by atoms with Crippen LogP contribution < -0.4 is 0 Å². The first-order valence-electron chi connectivity index (χ1n) is 6.08. The van der Waals surface area contributed by atoms with E-state index in [4.69, 9.17) is 12.2 Å². The number of nitrogens with zero attached hydrogens (tertiary/aromatic N) is 2. The lowest BCUT2D eigenvalue weighted by atomic mass is 10.1. The standard InChI is InChI=1S/C11H20N2S2/c14-11(12-7-3-1-4-8-12)15-13-9-5-2-6-10-13/h1-10H2. The summed E-state index contributed by atoms with van der Waals surface area (Å²) in [6, 6.07) is 0. The maximum absolute atomic E-state index is 5.50. The molecule has 2 fully saturated rings. The molecule has 2 nitrogen and oxygen atoms in total. The summed E-state index contributed by atoms with van der Waals surface area (Å²) >= 11 is 7.32. The van der Waals surface area contributed by atoms with Crippen LogP contribution in [0, 0.1) is 0 Å². The van der Waals surface area contributed by atoms with Gasteiger partial charge in [-0.05, 0) is 44.1 Å². The van der Waals surface area contributed by atoms with Crippen LogP contribution in [-0.2, 0) is 0 Å². The van der Waals surface area contributed by atoms with Gasteiger partial charge in [-0.3, -0.25) is 0 Å². The Hall–Kier alpha value is 0.200. The second-order valence-corrected chi connectivity index (χ2v) is 6.13. The lowest BCUT2D eigenvalue weighted by molar-refractivity contribution is 0.348. The van der Waals surface area contributed by atoms with Crippen LogP contribution >= 0.6 is 24.2 Å². The van der Waals surface area contributed by atoms with Gasteiger partial charge in [0.05, 0.1) is 0 Å². The molecule has 0 atom stereocenters. The predicted octanol–water partition coefficient (Wildman–Crippen LogP) is 2.89. The smallest absolute Gasteiger partial charge is 0.151 e. The van der Waals surface area contributed by atoms with Crippen molar-refractivity contribution in [2.24, 2.45) is 0 Å². The number of thiocarbonyl (C=S) groups is 1. The molecule has 0 spiro atoms. The van der Waals surface area contributed by atoms with Crippen molar-refractivity contribution in [1.29, 1.82) is 0 Å². The molecular weight excluding hydrogens is 224 g/mol. The molecule has 15 heavy (non-hydrogen) atoms. The molecule has 86 valence electrons. The Morgan fingerprint density at radius 1 is 0.800 bits per heavy atom. The van der Waals surface area contributed by atoms with Gasteiger partial charge in [-0.25, -0.2) is 4.31 Å². The average molecular weight is 244 g/mol. The summed E-state index contributed by atoms with van der Waals surface area (Å²) in [5.41, 5.74) is 0. The van der Waals surface area contributed by atoms with Crippen LogP contribution in [0.3, 0.4) is 0 Å². The summed E-state index contributed by atoms with van der Waals surface area (Å²) in [5, 5.41) is 0. The molecule has 0 aromatic carbocycles. The summed E-state index contributed by atoms with van der Waals surface area (Å²) in [6.07, 6.45) is 8.10. The van der Waals surface area contributed by atoms with Crippen LogP contribution in [-0.4, -0.2) is 39.7 Å². The van der Waals surface area contributed by atoms with E-state index in [0.29, 0.717) is 0 Å². The van der Waals surface area contributed by atoms with Crippen LogP contribution in [0.1, 0.15) is 38.5 Å². The number of hydrogen-bond donors (Lipinski definition) is 0. The van der Waals surface area contributed by atoms with Gasteiger partial charge in [0.15, 0.2) is 4.32 Å². The van der Waals surface area contributed by atoms with E-state index in [2.05, 4.69) is 9.21 Å². The number of piperidine rings is 2. The first-order chi connectivity index (χ1) is 7.36. The molecule has 2 aliphatic rings. The zero-order chi connectivity index (χ0) is 10.5. The van der Waals surface area contributed by atoms with Gasteiger partial charge in [0, 0.05) is 26.2 Å². The summed E-state index contributed by atoms with van der Waals surface area (Å²) in [4.78, 5) is 2.39. The molecule has 4 heteroatoms. The van der Waals surface area contributed by atoms with Gasteiger partial charge in [0.2, 0.25) is 0 Å². The highest BCUT2D eigenvalue weighted by Crippen LogP contribution is 2.23. The lowest BCUT2D eigenvalue weighted by Crippen LogP contribution is -2.35. The van der Waals surface area contributed by atoms with Crippen molar-refractivity contribution in [3.05, 3.63) is 0 Å². The highest BCUT2D eigenvalue weighted by atomic mass is 32.2. The van der Waals surface area contributed by atoms with Crippen LogP contribution in [0.5, 0.6) is 0 Å². The van der Waals surface area contributed by atoms with Gasteiger partial charge in [-0.1, -0.05) is 18.6 Å². The van der Waals surface area contributed by atoms with E-state index in [1.54, 1.807) is 0 Å². The third kappa shape index (κ3) is 3.61. The second-order valence-electron chi connectivity index (χ2n) is 4.39. The largest absolute Gasteiger partial charge is 0.356 e. The van der Waals surface area contributed by atoms with E-state index >= 15 is 0 Å². The van der Waals surface area contributed by atoms with Crippen LogP contribution in [0.4, 0.5) is 0 Å². The molecule has 0 amide bonds. The molecule has 0 aromatic rings. The molecule has 0 aliphatic carbocycles. The Morgan fingerprint density at radius 2 is 1.33 bits per heavy atom. The van der Waals surface area contributed by atoms with Crippen molar-refractivity contribution in [3.8, 4) is 0 Å². The minimum Gasteiger partial charge on any atom is -0.356 e. The van der Waals surface area contributed by atoms with Crippen molar-refractivity contribution >= 4 is 28.5 Å². The van der Waals surface area contributed by atoms with E-state index in [1.165, 1.54) is 64.7 Å². The van der Waals surface area contributed by atoms with Gasteiger partial charge >= 0.3 is 0 Å². The van der Waals surface area contributed by atoms with Crippen molar-refractivity contribution in [3.63, 3.8) is 0 Å².